The summed E-state index contributed by atoms with van der Waals surface area (Å²) in [5.74, 6) is 1.01. The number of benzene rings is 1. The SMILES string of the molecule is COC1=CCO[C@H](/C=C/c2ccccc2)C1. The molecule has 1 aromatic rings. The first-order valence-electron chi connectivity index (χ1n) is 5.46. The third-order valence-corrected chi connectivity index (χ3v) is 2.59. The summed E-state index contributed by atoms with van der Waals surface area (Å²) in [6.07, 6.45) is 7.09. The maximum Gasteiger partial charge on any atom is 0.0967 e. The Hall–Kier alpha value is -1.54. The van der Waals surface area contributed by atoms with Crippen molar-refractivity contribution in [2.75, 3.05) is 13.7 Å². The molecule has 2 nitrogen and oxygen atoms in total. The van der Waals surface area contributed by atoms with Crippen molar-refractivity contribution < 1.29 is 9.47 Å². The van der Waals surface area contributed by atoms with Crippen LogP contribution in [0, 0.1) is 0 Å². The van der Waals surface area contributed by atoms with Crippen molar-refractivity contribution in [2.45, 2.75) is 12.5 Å². The third kappa shape index (κ3) is 2.97. The lowest BCUT2D eigenvalue weighted by atomic mass is 10.1. The van der Waals surface area contributed by atoms with Crippen LogP contribution >= 0.6 is 0 Å². The standard InChI is InChI=1S/C14H16O2/c1-15-13-9-10-16-14(11-13)8-7-12-5-3-2-4-6-12/h2-9,14H,10-11H2,1H3/b8-7+/t14-/m1/s1. The molecule has 1 aliphatic heterocycles. The molecule has 2 heteroatoms. The van der Waals surface area contributed by atoms with E-state index in [0.29, 0.717) is 6.61 Å². The number of methoxy groups -OCH3 is 1. The number of rotatable bonds is 3. The second kappa shape index (κ2) is 5.52. The normalized spacial score (nSPS) is 20.8. The second-order valence-corrected chi connectivity index (χ2v) is 3.72. The highest BCUT2D eigenvalue weighted by Gasteiger charge is 2.13. The lowest BCUT2D eigenvalue weighted by Crippen LogP contribution is -2.16. The summed E-state index contributed by atoms with van der Waals surface area (Å²) < 4.78 is 10.8. The Morgan fingerprint density at radius 2 is 2.12 bits per heavy atom. The van der Waals surface area contributed by atoms with Crippen molar-refractivity contribution >= 4 is 6.08 Å². The summed E-state index contributed by atoms with van der Waals surface area (Å²) in [6, 6.07) is 10.2. The zero-order valence-electron chi connectivity index (χ0n) is 9.43. The van der Waals surface area contributed by atoms with Gasteiger partial charge in [0.1, 0.15) is 0 Å². The maximum absolute atomic E-state index is 5.59. The highest BCUT2D eigenvalue weighted by Crippen LogP contribution is 2.17. The van der Waals surface area contributed by atoms with Crippen LogP contribution in [0.3, 0.4) is 0 Å². The van der Waals surface area contributed by atoms with Gasteiger partial charge in [-0.1, -0.05) is 42.5 Å². The van der Waals surface area contributed by atoms with Crippen LogP contribution in [0.2, 0.25) is 0 Å². The van der Waals surface area contributed by atoms with Gasteiger partial charge in [-0.25, -0.2) is 0 Å². The van der Waals surface area contributed by atoms with E-state index >= 15 is 0 Å². The van der Waals surface area contributed by atoms with Crippen molar-refractivity contribution in [1.29, 1.82) is 0 Å². The summed E-state index contributed by atoms with van der Waals surface area (Å²) in [5, 5.41) is 0. The monoisotopic (exact) mass is 216 g/mol. The van der Waals surface area contributed by atoms with Gasteiger partial charge in [0.15, 0.2) is 0 Å². The molecule has 0 fully saturated rings. The van der Waals surface area contributed by atoms with E-state index in [9.17, 15) is 0 Å². The second-order valence-electron chi connectivity index (χ2n) is 3.72. The molecular formula is C14H16O2. The Labute approximate surface area is 96.2 Å². The van der Waals surface area contributed by atoms with Crippen molar-refractivity contribution in [2.24, 2.45) is 0 Å². The van der Waals surface area contributed by atoms with Crippen LogP contribution in [-0.2, 0) is 9.47 Å². The fraction of sp³-hybridized carbons (Fsp3) is 0.286. The molecule has 0 bridgehead atoms. The predicted molar refractivity (Wildman–Crippen MR) is 64.9 cm³/mol. The van der Waals surface area contributed by atoms with Crippen molar-refractivity contribution in [3.05, 3.63) is 53.8 Å². The fourth-order valence-corrected chi connectivity index (χ4v) is 1.68. The van der Waals surface area contributed by atoms with Crippen LogP contribution < -0.4 is 0 Å². The van der Waals surface area contributed by atoms with Crippen LogP contribution in [0.15, 0.2) is 48.2 Å². The molecule has 1 heterocycles. The van der Waals surface area contributed by atoms with Gasteiger partial charge < -0.3 is 9.47 Å². The van der Waals surface area contributed by atoms with Crippen molar-refractivity contribution in [1.82, 2.24) is 0 Å². The summed E-state index contributed by atoms with van der Waals surface area (Å²) in [4.78, 5) is 0. The van der Waals surface area contributed by atoms with Gasteiger partial charge in [0.2, 0.25) is 0 Å². The number of ether oxygens (including phenoxy) is 2. The quantitative estimate of drug-likeness (QED) is 0.773. The Balaban J connectivity index is 1.96. The Kier molecular flexibility index (Phi) is 3.78. The van der Waals surface area contributed by atoms with Crippen LogP contribution in [0.5, 0.6) is 0 Å². The van der Waals surface area contributed by atoms with Crippen molar-refractivity contribution in [3.8, 4) is 0 Å². The van der Waals surface area contributed by atoms with Gasteiger partial charge in [0, 0.05) is 6.42 Å². The number of hydrogen-bond acceptors (Lipinski definition) is 2. The van der Waals surface area contributed by atoms with E-state index in [2.05, 4.69) is 24.3 Å². The number of hydrogen-bond donors (Lipinski definition) is 0. The van der Waals surface area contributed by atoms with Gasteiger partial charge in [0.05, 0.1) is 25.6 Å². The Morgan fingerprint density at radius 3 is 2.88 bits per heavy atom. The first-order valence-corrected chi connectivity index (χ1v) is 5.46. The van der Waals surface area contributed by atoms with E-state index in [4.69, 9.17) is 9.47 Å². The first kappa shape index (κ1) is 11.0. The molecule has 2 rings (SSSR count). The van der Waals surface area contributed by atoms with Crippen LogP contribution in [0.1, 0.15) is 12.0 Å². The van der Waals surface area contributed by atoms with Gasteiger partial charge >= 0.3 is 0 Å². The summed E-state index contributed by atoms with van der Waals surface area (Å²) in [5.41, 5.74) is 1.19. The summed E-state index contributed by atoms with van der Waals surface area (Å²) in [6.45, 7) is 0.632. The first-order chi connectivity index (χ1) is 7.88. The van der Waals surface area contributed by atoms with E-state index in [1.54, 1.807) is 7.11 Å². The van der Waals surface area contributed by atoms with E-state index in [1.165, 1.54) is 5.56 Å². The zero-order valence-corrected chi connectivity index (χ0v) is 9.43. The van der Waals surface area contributed by atoms with Gasteiger partial charge in [-0.3, -0.25) is 0 Å². The van der Waals surface area contributed by atoms with E-state index < -0.39 is 0 Å². The molecule has 0 N–H and O–H groups in total. The van der Waals surface area contributed by atoms with Crippen LogP contribution in [0.25, 0.3) is 6.08 Å². The van der Waals surface area contributed by atoms with Crippen molar-refractivity contribution in [3.63, 3.8) is 0 Å². The molecule has 0 amide bonds. The minimum atomic E-state index is 0.125. The highest BCUT2D eigenvalue weighted by molar-refractivity contribution is 5.49. The topological polar surface area (TPSA) is 18.5 Å². The van der Waals surface area contributed by atoms with E-state index in [1.807, 2.05) is 24.3 Å². The fourth-order valence-electron chi connectivity index (χ4n) is 1.68. The highest BCUT2D eigenvalue weighted by atomic mass is 16.5. The minimum absolute atomic E-state index is 0.125. The Bertz CT molecular complexity index is 379. The largest absolute Gasteiger partial charge is 0.501 e. The molecule has 1 aliphatic rings. The molecule has 0 saturated carbocycles. The maximum atomic E-state index is 5.59. The lowest BCUT2D eigenvalue weighted by Gasteiger charge is -2.19. The third-order valence-electron chi connectivity index (χ3n) is 2.59. The minimum Gasteiger partial charge on any atom is -0.501 e. The molecule has 0 aliphatic carbocycles. The molecule has 0 unspecified atom stereocenters. The molecule has 16 heavy (non-hydrogen) atoms. The van der Waals surface area contributed by atoms with Gasteiger partial charge in [-0.15, -0.1) is 0 Å². The summed E-state index contributed by atoms with van der Waals surface area (Å²) in [7, 11) is 1.70. The molecule has 0 spiro atoms. The Morgan fingerprint density at radius 1 is 1.31 bits per heavy atom. The molecule has 0 saturated heterocycles. The molecular weight excluding hydrogens is 200 g/mol. The van der Waals surface area contributed by atoms with Gasteiger partial charge in [0.25, 0.3) is 0 Å². The molecule has 0 radical (unpaired) electrons. The molecule has 0 aromatic heterocycles. The molecule has 84 valence electrons. The lowest BCUT2D eigenvalue weighted by molar-refractivity contribution is 0.0771. The van der Waals surface area contributed by atoms with E-state index in [0.717, 1.165) is 12.2 Å². The smallest absolute Gasteiger partial charge is 0.0967 e. The molecule has 1 atom stereocenters. The zero-order chi connectivity index (χ0) is 11.2. The van der Waals surface area contributed by atoms with Gasteiger partial charge in [-0.05, 0) is 11.6 Å². The summed E-state index contributed by atoms with van der Waals surface area (Å²) >= 11 is 0. The molecule has 1 aromatic carbocycles. The van der Waals surface area contributed by atoms with Gasteiger partial charge in [-0.2, -0.15) is 0 Å². The average Bonchev–Trinajstić information content (AvgIpc) is 2.38. The van der Waals surface area contributed by atoms with Crippen LogP contribution in [-0.4, -0.2) is 19.8 Å². The van der Waals surface area contributed by atoms with E-state index in [-0.39, 0.29) is 6.10 Å². The predicted octanol–water partition coefficient (Wildman–Crippen LogP) is 3.02. The average molecular weight is 216 g/mol. The van der Waals surface area contributed by atoms with Crippen LogP contribution in [0.4, 0.5) is 0 Å².